The van der Waals surface area contributed by atoms with E-state index in [0.29, 0.717) is 5.56 Å². The summed E-state index contributed by atoms with van der Waals surface area (Å²) in [5.41, 5.74) is 3.82. The van der Waals surface area contributed by atoms with Crippen LogP contribution in [-0.4, -0.2) is 29.4 Å². The quantitative estimate of drug-likeness (QED) is 0.392. The molecule has 0 saturated heterocycles. The second-order valence-electron chi connectivity index (χ2n) is 7.32. The average molecular weight is 412 g/mol. The van der Waals surface area contributed by atoms with E-state index in [1.54, 1.807) is 18.0 Å². The first-order valence-electron chi connectivity index (χ1n) is 9.99. The van der Waals surface area contributed by atoms with E-state index >= 15 is 0 Å². The molecule has 2 N–H and O–H groups in total. The van der Waals surface area contributed by atoms with Crippen LogP contribution in [0, 0.1) is 0 Å². The molecule has 148 valence electrons. The van der Waals surface area contributed by atoms with Gasteiger partial charge in [0.15, 0.2) is 0 Å². The number of fused-ring (bicyclic) bond motifs is 2. The Bertz CT molecular complexity index is 1300. The Morgan fingerprint density at radius 2 is 1.97 bits per heavy atom. The Labute approximate surface area is 179 Å². The molecule has 0 spiro atoms. The Morgan fingerprint density at radius 3 is 2.83 bits per heavy atom. The van der Waals surface area contributed by atoms with Crippen molar-refractivity contribution in [1.82, 2.24) is 4.98 Å². The van der Waals surface area contributed by atoms with Gasteiger partial charge in [-0.3, -0.25) is 9.79 Å². The van der Waals surface area contributed by atoms with Gasteiger partial charge in [0.1, 0.15) is 0 Å². The van der Waals surface area contributed by atoms with Crippen molar-refractivity contribution in [2.45, 2.75) is 11.3 Å². The molecule has 4 aromatic rings. The van der Waals surface area contributed by atoms with Crippen molar-refractivity contribution >= 4 is 51.2 Å². The van der Waals surface area contributed by atoms with E-state index < -0.39 is 0 Å². The molecule has 0 fully saturated rings. The highest BCUT2D eigenvalue weighted by atomic mass is 32.2. The van der Waals surface area contributed by atoms with E-state index in [4.69, 9.17) is 0 Å². The van der Waals surface area contributed by atoms with Crippen molar-refractivity contribution in [1.29, 1.82) is 0 Å². The van der Waals surface area contributed by atoms with E-state index in [-0.39, 0.29) is 5.91 Å². The van der Waals surface area contributed by atoms with Crippen molar-refractivity contribution in [2.24, 2.45) is 4.99 Å². The lowest BCUT2D eigenvalue weighted by Gasteiger charge is -2.10. The lowest BCUT2D eigenvalue weighted by Crippen LogP contribution is -2.11. The number of anilines is 1. The van der Waals surface area contributed by atoms with Gasteiger partial charge in [0.25, 0.3) is 5.91 Å². The average Bonchev–Trinajstić information content (AvgIpc) is 3.23. The second kappa shape index (κ2) is 8.20. The van der Waals surface area contributed by atoms with Gasteiger partial charge in [-0.25, -0.2) is 0 Å². The van der Waals surface area contributed by atoms with E-state index in [0.717, 1.165) is 51.0 Å². The molecule has 0 aliphatic carbocycles. The summed E-state index contributed by atoms with van der Waals surface area (Å²) in [6, 6.07) is 20.3. The molecule has 0 unspecified atom stereocenters. The molecule has 1 aliphatic rings. The number of H-pyrrole nitrogens is 1. The maximum Gasteiger partial charge on any atom is 0.257 e. The Balaban J connectivity index is 1.42. The summed E-state index contributed by atoms with van der Waals surface area (Å²) in [7, 11) is 0. The van der Waals surface area contributed by atoms with Crippen molar-refractivity contribution < 1.29 is 4.79 Å². The number of aliphatic imine (C=N–C) groups is 1. The molecule has 2 heterocycles. The summed E-state index contributed by atoms with van der Waals surface area (Å²) in [6.45, 7) is 0.861. The smallest absolute Gasteiger partial charge is 0.257 e. The molecule has 5 heteroatoms. The van der Waals surface area contributed by atoms with Gasteiger partial charge < -0.3 is 10.3 Å². The topological polar surface area (TPSA) is 57.2 Å². The molecule has 3 aromatic carbocycles. The number of aromatic amines is 1. The number of thioether (sulfide) groups is 1. The molecule has 1 amide bonds. The standard InChI is InChI=1S/C25H21N3OS/c29-25(28-20-9-8-18-4-1-2-5-19(18)14-20)21-15-27-22-6-3-7-23(24(21)22)30-16-17-10-12-26-13-11-17/h1-10,12,14-15,27H,11,13,16H2,(H,28,29). The number of amides is 1. The molecular weight excluding hydrogens is 390 g/mol. The van der Waals surface area contributed by atoms with Gasteiger partial charge in [0.05, 0.1) is 5.56 Å². The van der Waals surface area contributed by atoms with Crippen molar-refractivity contribution in [3.05, 3.63) is 84.1 Å². The van der Waals surface area contributed by atoms with Crippen molar-refractivity contribution in [3.63, 3.8) is 0 Å². The van der Waals surface area contributed by atoms with Gasteiger partial charge in [-0.1, -0.05) is 42.0 Å². The fourth-order valence-electron chi connectivity index (χ4n) is 3.73. The lowest BCUT2D eigenvalue weighted by atomic mass is 10.1. The number of allylic oxidation sites excluding steroid dienone is 1. The lowest BCUT2D eigenvalue weighted by molar-refractivity contribution is 0.102. The van der Waals surface area contributed by atoms with Crippen LogP contribution in [0.5, 0.6) is 0 Å². The predicted molar refractivity (Wildman–Crippen MR) is 127 cm³/mol. The number of carbonyl (C=O) groups is 1. The number of aromatic nitrogens is 1. The molecule has 30 heavy (non-hydrogen) atoms. The van der Waals surface area contributed by atoms with Gasteiger partial charge in [-0.15, -0.1) is 11.8 Å². The number of nitrogens with zero attached hydrogens (tertiary/aromatic N) is 1. The molecule has 0 bridgehead atoms. The molecule has 0 saturated carbocycles. The summed E-state index contributed by atoms with van der Waals surface area (Å²) in [4.78, 5) is 21.7. The van der Waals surface area contributed by atoms with Crippen LogP contribution in [0.2, 0.25) is 0 Å². The van der Waals surface area contributed by atoms with Crippen LogP contribution in [0.3, 0.4) is 0 Å². The van der Waals surface area contributed by atoms with E-state index in [9.17, 15) is 4.79 Å². The van der Waals surface area contributed by atoms with E-state index in [1.807, 2.05) is 48.7 Å². The third kappa shape index (κ3) is 3.76. The van der Waals surface area contributed by atoms with Gasteiger partial charge in [0.2, 0.25) is 0 Å². The van der Waals surface area contributed by atoms with Crippen LogP contribution in [-0.2, 0) is 0 Å². The first-order chi connectivity index (χ1) is 14.8. The molecule has 4 nitrogen and oxygen atoms in total. The maximum absolute atomic E-state index is 13.1. The van der Waals surface area contributed by atoms with Crippen LogP contribution in [0.25, 0.3) is 21.7 Å². The maximum atomic E-state index is 13.1. The summed E-state index contributed by atoms with van der Waals surface area (Å²) >= 11 is 1.77. The first kappa shape index (κ1) is 18.7. The molecule has 0 atom stereocenters. The predicted octanol–water partition coefficient (Wildman–Crippen LogP) is 6.07. The summed E-state index contributed by atoms with van der Waals surface area (Å²) in [5, 5.41) is 6.30. The van der Waals surface area contributed by atoms with Gasteiger partial charge >= 0.3 is 0 Å². The number of benzene rings is 3. The number of hydrogen-bond acceptors (Lipinski definition) is 3. The fourth-order valence-corrected chi connectivity index (χ4v) is 4.85. The third-order valence-corrected chi connectivity index (χ3v) is 6.48. The van der Waals surface area contributed by atoms with Crippen LogP contribution < -0.4 is 5.32 Å². The zero-order valence-electron chi connectivity index (χ0n) is 16.4. The Morgan fingerprint density at radius 1 is 1.07 bits per heavy atom. The fraction of sp³-hybridized carbons (Fsp3) is 0.120. The Kier molecular flexibility index (Phi) is 5.11. The van der Waals surface area contributed by atoms with Crippen LogP contribution in [0.15, 0.2) is 88.4 Å². The molecule has 5 rings (SSSR count). The van der Waals surface area contributed by atoms with Crippen LogP contribution >= 0.6 is 11.8 Å². The number of carbonyl (C=O) groups excluding carboxylic acids is 1. The van der Waals surface area contributed by atoms with Gasteiger partial charge in [-0.05, 0) is 47.5 Å². The molecular formula is C25H21N3OS. The molecule has 0 radical (unpaired) electrons. The zero-order chi connectivity index (χ0) is 20.3. The number of dihydropyridines is 1. The monoisotopic (exact) mass is 411 g/mol. The summed E-state index contributed by atoms with van der Waals surface area (Å²) in [5.74, 6) is 0.802. The van der Waals surface area contributed by atoms with Crippen LogP contribution in [0.4, 0.5) is 5.69 Å². The largest absolute Gasteiger partial charge is 0.360 e. The number of rotatable bonds is 5. The second-order valence-corrected chi connectivity index (χ2v) is 8.33. The highest BCUT2D eigenvalue weighted by Crippen LogP contribution is 2.32. The first-order valence-corrected chi connectivity index (χ1v) is 11.0. The van der Waals surface area contributed by atoms with Gasteiger partial charge in [0, 0.05) is 46.2 Å². The van der Waals surface area contributed by atoms with Crippen LogP contribution in [0.1, 0.15) is 16.8 Å². The Hall–Kier alpha value is -3.31. The number of hydrogen-bond donors (Lipinski definition) is 2. The van der Waals surface area contributed by atoms with E-state index in [2.05, 4.69) is 39.6 Å². The highest BCUT2D eigenvalue weighted by molar-refractivity contribution is 7.99. The zero-order valence-corrected chi connectivity index (χ0v) is 17.2. The van der Waals surface area contributed by atoms with Crippen molar-refractivity contribution in [2.75, 3.05) is 17.6 Å². The minimum absolute atomic E-state index is 0.103. The van der Waals surface area contributed by atoms with E-state index in [1.165, 1.54) is 5.57 Å². The van der Waals surface area contributed by atoms with Gasteiger partial charge in [-0.2, -0.15) is 0 Å². The SMILES string of the molecule is O=C(Nc1ccc2ccccc2c1)c1c[nH]c2cccc(SCC3=CC=NCC3)c12. The minimum atomic E-state index is -0.103. The molecule has 1 aliphatic heterocycles. The van der Waals surface area contributed by atoms with Crippen molar-refractivity contribution in [3.8, 4) is 0 Å². The highest BCUT2D eigenvalue weighted by Gasteiger charge is 2.16. The normalized spacial score (nSPS) is 13.5. The number of nitrogens with one attached hydrogen (secondary N) is 2. The minimum Gasteiger partial charge on any atom is -0.360 e. The summed E-state index contributed by atoms with van der Waals surface area (Å²) < 4.78 is 0. The molecule has 1 aromatic heterocycles. The summed E-state index contributed by atoms with van der Waals surface area (Å²) in [6.07, 6.45) is 6.79. The third-order valence-electron chi connectivity index (χ3n) is 5.31.